The number of nitrogens with zero attached hydrogens (tertiary/aromatic N) is 1. The SMILES string of the molecule is CC(=C/c1ccccc1)/C=C1\SC(=S)N(c2cccc(Cl)c2)C1=O. The van der Waals surface area contributed by atoms with E-state index in [0.29, 0.717) is 19.9 Å². The number of benzene rings is 2. The average molecular weight is 372 g/mol. The van der Waals surface area contributed by atoms with Gasteiger partial charge in [-0.1, -0.05) is 78.1 Å². The summed E-state index contributed by atoms with van der Waals surface area (Å²) in [7, 11) is 0. The Balaban J connectivity index is 1.87. The van der Waals surface area contributed by atoms with Crippen LogP contribution in [0.5, 0.6) is 0 Å². The Kier molecular flexibility index (Phi) is 5.19. The highest BCUT2D eigenvalue weighted by Crippen LogP contribution is 2.36. The van der Waals surface area contributed by atoms with Crippen molar-refractivity contribution in [1.29, 1.82) is 0 Å². The zero-order chi connectivity index (χ0) is 17.1. The van der Waals surface area contributed by atoms with Crippen LogP contribution >= 0.6 is 35.6 Å². The first kappa shape index (κ1) is 17.0. The Hall–Kier alpha value is -1.88. The van der Waals surface area contributed by atoms with Crippen LogP contribution in [0.15, 0.2) is 71.2 Å². The van der Waals surface area contributed by atoms with Gasteiger partial charge in [0.25, 0.3) is 5.91 Å². The van der Waals surface area contributed by atoms with Crippen molar-refractivity contribution >= 4 is 57.6 Å². The van der Waals surface area contributed by atoms with Gasteiger partial charge in [0.05, 0.1) is 10.6 Å². The summed E-state index contributed by atoms with van der Waals surface area (Å²) >= 11 is 12.7. The summed E-state index contributed by atoms with van der Waals surface area (Å²) in [5.41, 5.74) is 2.78. The number of hydrogen-bond donors (Lipinski definition) is 0. The molecular weight excluding hydrogens is 358 g/mol. The highest BCUT2D eigenvalue weighted by Gasteiger charge is 2.33. The molecule has 0 N–H and O–H groups in total. The van der Waals surface area contributed by atoms with Gasteiger partial charge in [0.2, 0.25) is 0 Å². The number of halogens is 1. The third-order valence-electron chi connectivity index (χ3n) is 3.41. The van der Waals surface area contributed by atoms with E-state index >= 15 is 0 Å². The number of rotatable bonds is 3. The molecule has 1 amide bonds. The van der Waals surface area contributed by atoms with Crippen LogP contribution in [0.1, 0.15) is 12.5 Å². The van der Waals surface area contributed by atoms with Gasteiger partial charge < -0.3 is 0 Å². The Morgan fingerprint density at radius 2 is 1.92 bits per heavy atom. The van der Waals surface area contributed by atoms with E-state index in [2.05, 4.69) is 0 Å². The molecule has 0 spiro atoms. The van der Waals surface area contributed by atoms with Gasteiger partial charge in [-0.05, 0) is 42.3 Å². The Bertz CT molecular complexity index is 859. The molecule has 0 aliphatic carbocycles. The van der Waals surface area contributed by atoms with E-state index in [9.17, 15) is 4.79 Å². The first-order valence-corrected chi connectivity index (χ1v) is 8.92. The lowest BCUT2D eigenvalue weighted by Gasteiger charge is -2.14. The number of carbonyl (C=O) groups is 1. The molecule has 5 heteroatoms. The van der Waals surface area contributed by atoms with E-state index in [-0.39, 0.29) is 5.91 Å². The molecule has 1 aliphatic rings. The molecule has 2 aromatic rings. The molecule has 1 fully saturated rings. The summed E-state index contributed by atoms with van der Waals surface area (Å²) in [4.78, 5) is 14.8. The molecule has 1 heterocycles. The van der Waals surface area contributed by atoms with Crippen molar-refractivity contribution in [3.05, 3.63) is 81.7 Å². The van der Waals surface area contributed by atoms with Crippen molar-refractivity contribution in [3.63, 3.8) is 0 Å². The molecule has 0 unspecified atom stereocenters. The van der Waals surface area contributed by atoms with Crippen LogP contribution in [0.4, 0.5) is 5.69 Å². The zero-order valence-electron chi connectivity index (χ0n) is 12.9. The van der Waals surface area contributed by atoms with Gasteiger partial charge in [-0.2, -0.15) is 0 Å². The van der Waals surface area contributed by atoms with Gasteiger partial charge in [-0.15, -0.1) is 0 Å². The summed E-state index contributed by atoms with van der Waals surface area (Å²) in [6.07, 6.45) is 3.91. The average Bonchev–Trinajstić information content (AvgIpc) is 2.82. The van der Waals surface area contributed by atoms with E-state index in [0.717, 1.165) is 11.1 Å². The molecule has 0 aromatic heterocycles. The summed E-state index contributed by atoms with van der Waals surface area (Å²) in [6, 6.07) is 17.1. The Labute approximate surface area is 155 Å². The first-order chi connectivity index (χ1) is 11.5. The molecular formula is C19H14ClNOS2. The third-order valence-corrected chi connectivity index (χ3v) is 4.95. The van der Waals surface area contributed by atoms with Crippen LogP contribution in [0.2, 0.25) is 5.02 Å². The number of thioether (sulfide) groups is 1. The summed E-state index contributed by atoms with van der Waals surface area (Å²) in [5, 5.41) is 0.575. The standard InChI is InChI=1S/C19H14ClNOS2/c1-13(10-14-6-3-2-4-7-14)11-17-18(22)21(19(23)24-17)16-9-5-8-15(20)12-16/h2-12H,1H3/b13-10-,17-11-. The molecule has 0 bridgehead atoms. The van der Waals surface area contributed by atoms with Crippen molar-refractivity contribution in [1.82, 2.24) is 0 Å². The van der Waals surface area contributed by atoms with E-state index < -0.39 is 0 Å². The van der Waals surface area contributed by atoms with Gasteiger partial charge in [-0.3, -0.25) is 9.69 Å². The van der Waals surface area contributed by atoms with Gasteiger partial charge in [-0.25, -0.2) is 0 Å². The van der Waals surface area contributed by atoms with Crippen LogP contribution in [0.25, 0.3) is 6.08 Å². The van der Waals surface area contributed by atoms with Crippen LogP contribution in [0.3, 0.4) is 0 Å². The highest BCUT2D eigenvalue weighted by atomic mass is 35.5. The summed E-state index contributed by atoms with van der Waals surface area (Å²) < 4.78 is 0.515. The minimum atomic E-state index is -0.118. The molecule has 24 heavy (non-hydrogen) atoms. The molecule has 2 nitrogen and oxygen atoms in total. The van der Waals surface area contributed by atoms with E-state index in [1.807, 2.05) is 55.5 Å². The number of allylic oxidation sites excluding steroid dienone is 2. The number of carbonyl (C=O) groups excluding carboxylic acids is 1. The smallest absolute Gasteiger partial charge is 0.268 e. The zero-order valence-corrected chi connectivity index (χ0v) is 15.3. The molecule has 3 rings (SSSR count). The minimum absolute atomic E-state index is 0.118. The van der Waals surface area contributed by atoms with Crippen molar-refractivity contribution in [2.45, 2.75) is 6.92 Å². The van der Waals surface area contributed by atoms with Gasteiger partial charge in [0.15, 0.2) is 4.32 Å². The van der Waals surface area contributed by atoms with Crippen molar-refractivity contribution < 1.29 is 4.79 Å². The van der Waals surface area contributed by atoms with Crippen molar-refractivity contribution in [2.75, 3.05) is 4.90 Å². The molecule has 0 radical (unpaired) electrons. The lowest BCUT2D eigenvalue weighted by molar-refractivity contribution is -0.113. The molecule has 0 saturated carbocycles. The van der Waals surface area contributed by atoms with Crippen LogP contribution in [-0.2, 0) is 4.79 Å². The maximum atomic E-state index is 12.7. The number of hydrogen-bond acceptors (Lipinski definition) is 3. The number of anilines is 1. The Morgan fingerprint density at radius 1 is 1.17 bits per heavy atom. The van der Waals surface area contributed by atoms with E-state index in [1.165, 1.54) is 16.7 Å². The van der Waals surface area contributed by atoms with E-state index in [4.69, 9.17) is 23.8 Å². The van der Waals surface area contributed by atoms with Crippen molar-refractivity contribution in [2.24, 2.45) is 0 Å². The summed E-state index contributed by atoms with van der Waals surface area (Å²) in [5.74, 6) is -0.118. The van der Waals surface area contributed by atoms with Crippen LogP contribution < -0.4 is 4.90 Å². The third kappa shape index (κ3) is 3.78. The molecule has 120 valence electrons. The molecule has 1 aliphatic heterocycles. The Morgan fingerprint density at radius 3 is 2.62 bits per heavy atom. The van der Waals surface area contributed by atoms with Gasteiger partial charge >= 0.3 is 0 Å². The second kappa shape index (κ2) is 7.34. The van der Waals surface area contributed by atoms with Gasteiger partial charge in [0.1, 0.15) is 0 Å². The predicted octanol–water partition coefficient (Wildman–Crippen LogP) is 5.69. The lowest BCUT2D eigenvalue weighted by Crippen LogP contribution is -2.27. The molecule has 0 atom stereocenters. The van der Waals surface area contributed by atoms with Crippen molar-refractivity contribution in [3.8, 4) is 0 Å². The fraction of sp³-hybridized carbons (Fsp3) is 0.0526. The maximum Gasteiger partial charge on any atom is 0.270 e. The van der Waals surface area contributed by atoms with Gasteiger partial charge in [0, 0.05) is 5.02 Å². The minimum Gasteiger partial charge on any atom is -0.268 e. The normalized spacial score (nSPS) is 17.0. The topological polar surface area (TPSA) is 20.3 Å². The maximum absolute atomic E-state index is 12.7. The van der Waals surface area contributed by atoms with Crippen LogP contribution in [-0.4, -0.2) is 10.2 Å². The number of thiocarbonyl (C=S) groups is 1. The monoisotopic (exact) mass is 371 g/mol. The molecule has 1 saturated heterocycles. The fourth-order valence-electron chi connectivity index (χ4n) is 2.37. The lowest BCUT2D eigenvalue weighted by atomic mass is 10.1. The predicted molar refractivity (Wildman–Crippen MR) is 107 cm³/mol. The first-order valence-electron chi connectivity index (χ1n) is 7.31. The molecule has 2 aromatic carbocycles. The summed E-state index contributed by atoms with van der Waals surface area (Å²) in [6.45, 7) is 1.97. The second-order valence-electron chi connectivity index (χ2n) is 5.30. The second-order valence-corrected chi connectivity index (χ2v) is 7.41. The quantitative estimate of drug-likeness (QED) is 0.510. The van der Waals surface area contributed by atoms with Crippen LogP contribution in [0, 0.1) is 0 Å². The fourth-order valence-corrected chi connectivity index (χ4v) is 3.90. The number of amides is 1. The largest absolute Gasteiger partial charge is 0.270 e. The highest BCUT2D eigenvalue weighted by molar-refractivity contribution is 8.27. The van der Waals surface area contributed by atoms with E-state index in [1.54, 1.807) is 18.2 Å².